The summed E-state index contributed by atoms with van der Waals surface area (Å²) in [5.41, 5.74) is 6.92. The largest absolute Gasteiger partial charge is 0.489 e. The molecule has 5 nitrogen and oxygen atoms in total. The van der Waals surface area contributed by atoms with E-state index in [0.717, 1.165) is 22.3 Å². The molecule has 1 aromatic heterocycles. The molecule has 5 heteroatoms. The minimum absolute atomic E-state index is 0.513. The smallest absolute Gasteiger partial charge is 0.222 e. The van der Waals surface area contributed by atoms with Crippen molar-refractivity contribution in [3.63, 3.8) is 0 Å². The molecule has 30 heavy (non-hydrogen) atoms. The Morgan fingerprint density at radius 2 is 1.73 bits per heavy atom. The van der Waals surface area contributed by atoms with Crippen molar-refractivity contribution in [3.05, 3.63) is 102 Å². The van der Waals surface area contributed by atoms with Crippen molar-refractivity contribution < 1.29 is 4.74 Å². The summed E-state index contributed by atoms with van der Waals surface area (Å²) < 4.78 is 6.04. The second-order valence-electron chi connectivity index (χ2n) is 6.97. The van der Waals surface area contributed by atoms with Gasteiger partial charge in [-0.05, 0) is 46.2 Å². The van der Waals surface area contributed by atoms with Crippen LogP contribution in [0.2, 0.25) is 0 Å². The number of imidazole rings is 1. The first-order valence-corrected chi connectivity index (χ1v) is 9.78. The van der Waals surface area contributed by atoms with Crippen molar-refractivity contribution in [1.82, 2.24) is 9.97 Å². The topological polar surface area (TPSA) is 62.3 Å². The molecule has 2 N–H and O–H groups in total. The van der Waals surface area contributed by atoms with Crippen LogP contribution in [0.15, 0.2) is 96.1 Å². The maximum atomic E-state index is 6.04. The number of nitrogens with one attached hydrogen (secondary N) is 2. The molecule has 0 aliphatic heterocycles. The SMILES string of the molecule is C(=NNc1nc2ccccc2[nH]1)c1cccc(OCc2cccc3ccccc23)c1. The zero-order chi connectivity index (χ0) is 20.2. The van der Waals surface area contributed by atoms with Crippen LogP contribution in [0.5, 0.6) is 5.75 Å². The molecule has 146 valence electrons. The predicted octanol–water partition coefficient (Wildman–Crippen LogP) is 5.74. The lowest BCUT2D eigenvalue weighted by atomic mass is 10.1. The molecule has 5 aromatic rings. The second-order valence-corrected chi connectivity index (χ2v) is 6.97. The summed E-state index contributed by atoms with van der Waals surface area (Å²) in [7, 11) is 0. The third kappa shape index (κ3) is 3.86. The van der Waals surface area contributed by atoms with Crippen LogP contribution in [0.4, 0.5) is 5.95 Å². The number of benzene rings is 4. The number of rotatable bonds is 6. The molecule has 1 heterocycles. The summed E-state index contributed by atoms with van der Waals surface area (Å²) in [6.45, 7) is 0.513. The molecule has 0 saturated carbocycles. The van der Waals surface area contributed by atoms with E-state index in [1.807, 2.05) is 48.5 Å². The third-order valence-electron chi connectivity index (χ3n) is 4.91. The molecule has 0 atom stereocenters. The fourth-order valence-corrected chi connectivity index (χ4v) is 3.44. The maximum absolute atomic E-state index is 6.04. The Morgan fingerprint density at radius 3 is 2.70 bits per heavy atom. The fourth-order valence-electron chi connectivity index (χ4n) is 3.44. The Labute approximate surface area is 174 Å². The molecule has 4 aromatic carbocycles. The van der Waals surface area contributed by atoms with Gasteiger partial charge < -0.3 is 9.72 Å². The van der Waals surface area contributed by atoms with Crippen molar-refractivity contribution in [3.8, 4) is 5.75 Å². The number of nitrogens with zero attached hydrogens (tertiary/aromatic N) is 2. The lowest BCUT2D eigenvalue weighted by Crippen LogP contribution is -1.97. The van der Waals surface area contributed by atoms with Crippen molar-refractivity contribution in [2.24, 2.45) is 5.10 Å². The summed E-state index contributed by atoms with van der Waals surface area (Å²) in [6, 6.07) is 30.4. The van der Waals surface area contributed by atoms with Gasteiger partial charge in [0.25, 0.3) is 0 Å². The highest BCUT2D eigenvalue weighted by Crippen LogP contribution is 2.21. The molecule has 0 aliphatic rings. The van der Waals surface area contributed by atoms with Gasteiger partial charge in [-0.25, -0.2) is 10.4 Å². The van der Waals surface area contributed by atoms with E-state index in [0.29, 0.717) is 12.6 Å². The predicted molar refractivity (Wildman–Crippen MR) is 122 cm³/mol. The lowest BCUT2D eigenvalue weighted by molar-refractivity contribution is 0.307. The Kier molecular flexibility index (Phi) is 4.84. The molecule has 0 spiro atoms. The van der Waals surface area contributed by atoms with Gasteiger partial charge in [-0.3, -0.25) is 0 Å². The van der Waals surface area contributed by atoms with E-state index < -0.39 is 0 Å². The zero-order valence-corrected chi connectivity index (χ0v) is 16.2. The van der Waals surface area contributed by atoms with Crippen LogP contribution in [0, 0.1) is 0 Å². The van der Waals surface area contributed by atoms with Gasteiger partial charge in [-0.2, -0.15) is 5.10 Å². The van der Waals surface area contributed by atoms with Crippen molar-refractivity contribution in [2.45, 2.75) is 6.61 Å². The minimum Gasteiger partial charge on any atom is -0.489 e. The summed E-state index contributed by atoms with van der Waals surface area (Å²) in [5, 5.41) is 6.72. The van der Waals surface area contributed by atoms with E-state index in [1.165, 1.54) is 16.3 Å². The number of para-hydroxylation sites is 2. The highest BCUT2D eigenvalue weighted by Gasteiger charge is 2.03. The standard InChI is InChI=1S/C25H20N4O/c1-2-12-22-19(8-1)9-6-10-20(22)17-30-21-11-5-7-18(15-21)16-26-29-25-27-23-13-3-4-14-24(23)28-25/h1-16H,17H2,(H2,27,28,29). The van der Waals surface area contributed by atoms with Crippen LogP contribution >= 0.6 is 0 Å². The first-order chi connectivity index (χ1) is 14.8. The van der Waals surface area contributed by atoms with E-state index >= 15 is 0 Å². The number of ether oxygens (including phenoxy) is 1. The van der Waals surface area contributed by atoms with E-state index in [2.05, 4.69) is 63.0 Å². The molecule has 0 aliphatic carbocycles. The average molecular weight is 392 g/mol. The monoisotopic (exact) mass is 392 g/mol. The highest BCUT2D eigenvalue weighted by molar-refractivity contribution is 5.85. The van der Waals surface area contributed by atoms with Crippen LogP contribution < -0.4 is 10.2 Å². The molecular weight excluding hydrogens is 372 g/mol. The Bertz CT molecular complexity index is 1300. The van der Waals surface area contributed by atoms with Crippen LogP contribution in [-0.2, 0) is 6.61 Å². The molecule has 0 fully saturated rings. The Balaban J connectivity index is 1.26. The normalized spacial score (nSPS) is 11.3. The van der Waals surface area contributed by atoms with Gasteiger partial charge in [-0.1, -0.05) is 66.7 Å². The van der Waals surface area contributed by atoms with Gasteiger partial charge in [0.15, 0.2) is 0 Å². The number of anilines is 1. The first-order valence-electron chi connectivity index (χ1n) is 9.78. The highest BCUT2D eigenvalue weighted by atomic mass is 16.5. The van der Waals surface area contributed by atoms with Gasteiger partial charge in [0.2, 0.25) is 5.95 Å². The number of aromatic nitrogens is 2. The molecule has 0 amide bonds. The number of hydrogen-bond donors (Lipinski definition) is 2. The van der Waals surface area contributed by atoms with Crippen molar-refractivity contribution in [1.29, 1.82) is 0 Å². The number of fused-ring (bicyclic) bond motifs is 2. The van der Waals surface area contributed by atoms with E-state index in [1.54, 1.807) is 6.21 Å². The molecule has 5 rings (SSSR count). The van der Waals surface area contributed by atoms with Crippen LogP contribution in [0.1, 0.15) is 11.1 Å². The lowest BCUT2D eigenvalue weighted by Gasteiger charge is -2.09. The zero-order valence-electron chi connectivity index (χ0n) is 16.2. The fraction of sp³-hybridized carbons (Fsp3) is 0.0400. The summed E-state index contributed by atoms with van der Waals surface area (Å²) in [5.74, 6) is 1.41. The number of aromatic amines is 1. The van der Waals surface area contributed by atoms with Crippen LogP contribution in [0.25, 0.3) is 21.8 Å². The van der Waals surface area contributed by atoms with E-state index in [-0.39, 0.29) is 0 Å². The van der Waals surface area contributed by atoms with Gasteiger partial charge in [0.05, 0.1) is 17.2 Å². The minimum atomic E-state index is 0.513. The van der Waals surface area contributed by atoms with E-state index in [4.69, 9.17) is 4.74 Å². The molecule has 0 bridgehead atoms. The Hall–Kier alpha value is -4.12. The van der Waals surface area contributed by atoms with Crippen LogP contribution in [-0.4, -0.2) is 16.2 Å². The van der Waals surface area contributed by atoms with Gasteiger partial charge in [0.1, 0.15) is 12.4 Å². The first kappa shape index (κ1) is 17.9. The summed E-state index contributed by atoms with van der Waals surface area (Å²) in [4.78, 5) is 7.63. The number of H-pyrrole nitrogens is 1. The maximum Gasteiger partial charge on any atom is 0.222 e. The molecule has 0 saturated heterocycles. The second kappa shape index (κ2) is 8.09. The van der Waals surface area contributed by atoms with Crippen molar-refractivity contribution >= 4 is 34.0 Å². The number of hydrogen-bond acceptors (Lipinski definition) is 4. The summed E-state index contributed by atoms with van der Waals surface area (Å²) >= 11 is 0. The quantitative estimate of drug-likeness (QED) is 0.286. The van der Waals surface area contributed by atoms with Gasteiger partial charge in [-0.15, -0.1) is 0 Å². The van der Waals surface area contributed by atoms with E-state index in [9.17, 15) is 0 Å². The summed E-state index contributed by atoms with van der Waals surface area (Å²) in [6.07, 6.45) is 1.75. The average Bonchev–Trinajstić information content (AvgIpc) is 3.21. The molecule has 0 unspecified atom stereocenters. The van der Waals surface area contributed by atoms with Crippen LogP contribution in [0.3, 0.4) is 0 Å². The third-order valence-corrected chi connectivity index (χ3v) is 4.91. The number of hydrazone groups is 1. The molecule has 0 radical (unpaired) electrons. The Morgan fingerprint density at radius 1 is 0.900 bits per heavy atom. The molecular formula is C25H20N4O. The van der Waals surface area contributed by atoms with Crippen molar-refractivity contribution in [2.75, 3.05) is 5.43 Å². The van der Waals surface area contributed by atoms with Gasteiger partial charge >= 0.3 is 0 Å². The van der Waals surface area contributed by atoms with Gasteiger partial charge in [0, 0.05) is 0 Å².